The zero-order valence-corrected chi connectivity index (χ0v) is 7.66. The van der Waals surface area contributed by atoms with Crippen molar-refractivity contribution in [3.8, 4) is 5.75 Å². The monoisotopic (exact) mass is 180 g/mol. The van der Waals surface area contributed by atoms with E-state index in [1.165, 1.54) is 6.92 Å². The lowest BCUT2D eigenvalue weighted by Crippen LogP contribution is -1.97. The Morgan fingerprint density at radius 3 is 2.54 bits per heavy atom. The second kappa shape index (κ2) is 3.58. The van der Waals surface area contributed by atoms with Gasteiger partial charge in [0.1, 0.15) is 5.75 Å². The molecule has 0 atom stereocenters. The molecule has 1 aromatic carbocycles. The van der Waals surface area contributed by atoms with Crippen molar-refractivity contribution in [2.75, 3.05) is 0 Å². The van der Waals surface area contributed by atoms with E-state index in [2.05, 4.69) is 0 Å². The van der Waals surface area contributed by atoms with Crippen LogP contribution in [-0.2, 0) is 6.61 Å². The van der Waals surface area contributed by atoms with Gasteiger partial charge in [-0.1, -0.05) is 6.07 Å². The minimum atomic E-state index is -0.256. The summed E-state index contributed by atoms with van der Waals surface area (Å²) in [6.07, 6.45) is 0. The van der Waals surface area contributed by atoms with Gasteiger partial charge in [0, 0.05) is 5.56 Å². The summed E-state index contributed by atoms with van der Waals surface area (Å²) in [5.74, 6) is -0.309. The van der Waals surface area contributed by atoms with Crippen LogP contribution in [-0.4, -0.2) is 16.0 Å². The van der Waals surface area contributed by atoms with Gasteiger partial charge in [-0.3, -0.25) is 4.79 Å². The molecule has 0 aromatic heterocycles. The molecule has 0 aliphatic heterocycles. The Labute approximate surface area is 76.6 Å². The van der Waals surface area contributed by atoms with E-state index in [0.717, 1.165) is 5.56 Å². The highest BCUT2D eigenvalue weighted by molar-refractivity contribution is 5.97. The lowest BCUT2D eigenvalue weighted by atomic mass is 10.0. The van der Waals surface area contributed by atoms with E-state index in [1.54, 1.807) is 12.1 Å². The molecule has 1 rings (SSSR count). The number of Topliss-reactive ketones (excluding diaryl/α,β-unsaturated/α-hetero) is 1. The number of phenols is 1. The number of aromatic hydroxyl groups is 1. The second-order valence-corrected chi connectivity index (χ2v) is 3.03. The number of aliphatic hydroxyl groups is 1. The fourth-order valence-electron chi connectivity index (χ4n) is 1.24. The van der Waals surface area contributed by atoms with E-state index in [4.69, 9.17) is 5.11 Å². The molecule has 0 heterocycles. The van der Waals surface area contributed by atoms with E-state index in [0.29, 0.717) is 5.56 Å². The predicted octanol–water partition coefficient (Wildman–Crippen LogP) is 1.40. The number of hydrogen-bond acceptors (Lipinski definition) is 3. The van der Waals surface area contributed by atoms with Gasteiger partial charge in [0.15, 0.2) is 5.78 Å². The molecule has 1 aromatic rings. The van der Waals surface area contributed by atoms with Gasteiger partial charge >= 0.3 is 0 Å². The number of benzene rings is 1. The van der Waals surface area contributed by atoms with Gasteiger partial charge in [-0.25, -0.2) is 0 Å². The Morgan fingerprint density at radius 2 is 2.08 bits per heavy atom. The number of rotatable bonds is 2. The second-order valence-electron chi connectivity index (χ2n) is 3.03. The lowest BCUT2D eigenvalue weighted by Gasteiger charge is -2.06. The number of carbonyl (C=O) groups excluding carboxylic acids is 1. The fraction of sp³-hybridized carbons (Fsp3) is 0.300. The molecule has 0 spiro atoms. The number of aryl methyl sites for hydroxylation is 1. The highest BCUT2D eigenvalue weighted by Crippen LogP contribution is 2.24. The first-order chi connectivity index (χ1) is 6.06. The molecule has 0 aliphatic rings. The molecule has 0 saturated carbocycles. The van der Waals surface area contributed by atoms with Crippen molar-refractivity contribution in [3.05, 3.63) is 28.8 Å². The van der Waals surface area contributed by atoms with E-state index >= 15 is 0 Å². The third kappa shape index (κ3) is 1.87. The number of carbonyl (C=O) groups is 1. The van der Waals surface area contributed by atoms with Crippen LogP contribution in [0.3, 0.4) is 0 Å². The van der Waals surface area contributed by atoms with Crippen LogP contribution in [0.15, 0.2) is 12.1 Å². The summed E-state index contributed by atoms with van der Waals surface area (Å²) in [5, 5.41) is 18.4. The van der Waals surface area contributed by atoms with Crippen LogP contribution in [0.1, 0.15) is 28.4 Å². The average molecular weight is 180 g/mol. The van der Waals surface area contributed by atoms with Gasteiger partial charge in [-0.2, -0.15) is 0 Å². The summed E-state index contributed by atoms with van der Waals surface area (Å²) in [6, 6.07) is 3.26. The molecular formula is C10H12O3. The van der Waals surface area contributed by atoms with Gasteiger partial charge in [0.05, 0.1) is 12.2 Å². The molecule has 0 radical (unpaired) electrons. The fourth-order valence-corrected chi connectivity index (χ4v) is 1.24. The first-order valence-electron chi connectivity index (χ1n) is 4.00. The van der Waals surface area contributed by atoms with E-state index in [1.807, 2.05) is 6.92 Å². The van der Waals surface area contributed by atoms with E-state index in [-0.39, 0.29) is 23.7 Å². The maximum absolute atomic E-state index is 11.0. The van der Waals surface area contributed by atoms with Gasteiger partial charge < -0.3 is 10.2 Å². The summed E-state index contributed by atoms with van der Waals surface area (Å²) in [7, 11) is 0. The molecule has 0 fully saturated rings. The van der Waals surface area contributed by atoms with Crippen LogP contribution in [0.25, 0.3) is 0 Å². The van der Waals surface area contributed by atoms with Gasteiger partial charge in [0.25, 0.3) is 0 Å². The number of aliphatic hydroxyl groups excluding tert-OH is 1. The SMILES string of the molecule is CC(=O)c1cc(C)cc(CO)c1O. The van der Waals surface area contributed by atoms with Crippen molar-refractivity contribution in [2.45, 2.75) is 20.5 Å². The Kier molecular flexibility index (Phi) is 2.68. The van der Waals surface area contributed by atoms with Crippen molar-refractivity contribution >= 4 is 5.78 Å². The largest absolute Gasteiger partial charge is 0.507 e. The first-order valence-corrected chi connectivity index (χ1v) is 4.00. The van der Waals surface area contributed by atoms with Crippen molar-refractivity contribution in [1.29, 1.82) is 0 Å². The van der Waals surface area contributed by atoms with Crippen LogP contribution >= 0.6 is 0 Å². The topological polar surface area (TPSA) is 57.5 Å². The van der Waals surface area contributed by atoms with Crippen molar-refractivity contribution in [2.24, 2.45) is 0 Å². The maximum atomic E-state index is 11.0. The highest BCUT2D eigenvalue weighted by atomic mass is 16.3. The Bertz CT molecular complexity index is 342. The Hall–Kier alpha value is -1.35. The summed E-state index contributed by atoms with van der Waals surface area (Å²) >= 11 is 0. The molecule has 0 saturated heterocycles. The molecular weight excluding hydrogens is 168 g/mol. The quantitative estimate of drug-likeness (QED) is 0.676. The molecule has 70 valence electrons. The highest BCUT2D eigenvalue weighted by Gasteiger charge is 2.10. The van der Waals surface area contributed by atoms with Crippen LogP contribution < -0.4 is 0 Å². The molecule has 0 aliphatic carbocycles. The van der Waals surface area contributed by atoms with Crippen molar-refractivity contribution < 1.29 is 15.0 Å². The van der Waals surface area contributed by atoms with Crippen molar-refractivity contribution in [1.82, 2.24) is 0 Å². The third-order valence-electron chi connectivity index (χ3n) is 1.88. The van der Waals surface area contributed by atoms with Gasteiger partial charge in [-0.15, -0.1) is 0 Å². The van der Waals surface area contributed by atoms with E-state index in [9.17, 15) is 9.90 Å². The van der Waals surface area contributed by atoms with Crippen LogP contribution in [0, 0.1) is 6.92 Å². The number of hydrogen-bond donors (Lipinski definition) is 2. The zero-order chi connectivity index (χ0) is 10.0. The summed E-state index contributed by atoms with van der Waals surface area (Å²) in [4.78, 5) is 11.0. The normalized spacial score (nSPS) is 10.1. The van der Waals surface area contributed by atoms with Crippen LogP contribution in [0.4, 0.5) is 0 Å². The minimum absolute atomic E-state index is 0.111. The molecule has 0 unspecified atom stereocenters. The first kappa shape index (κ1) is 9.74. The summed E-state index contributed by atoms with van der Waals surface area (Å²) in [6.45, 7) is 2.94. The molecule has 13 heavy (non-hydrogen) atoms. The zero-order valence-electron chi connectivity index (χ0n) is 7.66. The lowest BCUT2D eigenvalue weighted by molar-refractivity contribution is 0.101. The van der Waals surface area contributed by atoms with Crippen molar-refractivity contribution in [3.63, 3.8) is 0 Å². The summed E-state index contributed by atoms with van der Waals surface area (Å²) < 4.78 is 0. The third-order valence-corrected chi connectivity index (χ3v) is 1.88. The average Bonchev–Trinajstić information content (AvgIpc) is 2.08. The Morgan fingerprint density at radius 1 is 1.46 bits per heavy atom. The molecule has 2 N–H and O–H groups in total. The maximum Gasteiger partial charge on any atom is 0.163 e. The Balaban J connectivity index is 3.35. The summed E-state index contributed by atoms with van der Waals surface area (Å²) in [5.41, 5.74) is 1.52. The molecule has 0 amide bonds. The standard InChI is InChI=1S/C10H12O3/c1-6-3-8(5-11)10(13)9(4-6)7(2)12/h3-4,11,13H,5H2,1-2H3. The molecule has 3 heteroatoms. The minimum Gasteiger partial charge on any atom is -0.507 e. The molecule has 3 nitrogen and oxygen atoms in total. The van der Waals surface area contributed by atoms with Gasteiger partial charge in [-0.05, 0) is 25.5 Å². The van der Waals surface area contributed by atoms with Crippen LogP contribution in [0.2, 0.25) is 0 Å². The molecule has 0 bridgehead atoms. The smallest absolute Gasteiger partial charge is 0.163 e. The van der Waals surface area contributed by atoms with E-state index < -0.39 is 0 Å². The number of ketones is 1. The van der Waals surface area contributed by atoms with Crippen LogP contribution in [0.5, 0.6) is 5.75 Å². The predicted molar refractivity (Wildman–Crippen MR) is 48.8 cm³/mol. The van der Waals surface area contributed by atoms with Gasteiger partial charge in [0.2, 0.25) is 0 Å².